The Balaban J connectivity index is 1.72. The average molecular weight is 337 g/mol. The van der Waals surface area contributed by atoms with E-state index in [1.54, 1.807) is 35.4 Å². The molecule has 0 bridgehead atoms. The first-order valence-electron chi connectivity index (χ1n) is 7.98. The lowest BCUT2D eigenvalue weighted by atomic mass is 10.2. The molecule has 0 spiro atoms. The predicted octanol–water partition coefficient (Wildman–Crippen LogP) is 2.21. The first-order valence-corrected chi connectivity index (χ1v) is 7.98. The molecule has 3 aromatic rings. The van der Waals surface area contributed by atoms with Crippen molar-refractivity contribution < 1.29 is 9.53 Å². The molecule has 3 rings (SSSR count). The minimum Gasteiger partial charge on any atom is -0.493 e. The fourth-order valence-electron chi connectivity index (χ4n) is 2.43. The monoisotopic (exact) mass is 337 g/mol. The molecule has 0 fully saturated rings. The first-order chi connectivity index (χ1) is 12.2. The highest BCUT2D eigenvalue weighted by Gasteiger charge is 2.13. The maximum atomic E-state index is 12.5. The van der Waals surface area contributed by atoms with E-state index in [0.717, 1.165) is 11.4 Å². The maximum Gasteiger partial charge on any atom is 0.255 e. The molecule has 1 N–H and O–H groups in total. The van der Waals surface area contributed by atoms with Gasteiger partial charge >= 0.3 is 0 Å². The quantitative estimate of drug-likeness (QED) is 0.746. The van der Waals surface area contributed by atoms with Crippen LogP contribution in [0.1, 0.15) is 23.0 Å². The van der Waals surface area contributed by atoms with Crippen LogP contribution >= 0.6 is 0 Å². The Labute approximate surface area is 145 Å². The zero-order chi connectivity index (χ0) is 17.6. The third kappa shape index (κ3) is 3.82. The van der Waals surface area contributed by atoms with Crippen molar-refractivity contribution in [3.8, 4) is 17.1 Å². The largest absolute Gasteiger partial charge is 0.493 e. The van der Waals surface area contributed by atoms with Crippen molar-refractivity contribution in [2.75, 3.05) is 6.61 Å². The SMILES string of the molecule is CCOc1ccccc1C(=O)NCc1cc(-c2cnccn2)nn1C. The Hall–Kier alpha value is -3.22. The van der Waals surface area contributed by atoms with Crippen LogP contribution in [0.4, 0.5) is 0 Å². The molecular formula is C18H19N5O2. The molecule has 0 aliphatic rings. The standard InChI is InChI=1S/C18H19N5O2/c1-3-25-17-7-5-4-6-14(17)18(24)21-11-13-10-15(22-23(13)2)16-12-19-8-9-20-16/h4-10,12H,3,11H2,1-2H3,(H,21,24). The number of nitrogens with zero attached hydrogens (tertiary/aromatic N) is 4. The molecule has 7 heteroatoms. The highest BCUT2D eigenvalue weighted by molar-refractivity contribution is 5.96. The molecule has 0 atom stereocenters. The van der Waals surface area contributed by atoms with Gasteiger partial charge in [0, 0.05) is 19.4 Å². The van der Waals surface area contributed by atoms with E-state index in [1.165, 1.54) is 0 Å². The Morgan fingerprint density at radius 2 is 2.08 bits per heavy atom. The van der Waals surface area contributed by atoms with E-state index in [2.05, 4.69) is 20.4 Å². The third-order valence-corrected chi connectivity index (χ3v) is 3.66. The molecule has 7 nitrogen and oxygen atoms in total. The number of rotatable bonds is 6. The van der Waals surface area contributed by atoms with Crippen LogP contribution < -0.4 is 10.1 Å². The Bertz CT molecular complexity index is 861. The number of amides is 1. The van der Waals surface area contributed by atoms with E-state index in [9.17, 15) is 4.79 Å². The summed E-state index contributed by atoms with van der Waals surface area (Å²) in [6.45, 7) is 2.74. The summed E-state index contributed by atoms with van der Waals surface area (Å²) in [6.07, 6.45) is 4.89. The summed E-state index contributed by atoms with van der Waals surface area (Å²) in [5, 5.41) is 7.32. The third-order valence-electron chi connectivity index (χ3n) is 3.66. The van der Waals surface area contributed by atoms with Gasteiger partial charge in [-0.05, 0) is 25.1 Å². The van der Waals surface area contributed by atoms with Crippen molar-refractivity contribution in [1.82, 2.24) is 25.1 Å². The molecule has 2 heterocycles. The lowest BCUT2D eigenvalue weighted by Gasteiger charge is -2.10. The number of hydrogen-bond donors (Lipinski definition) is 1. The highest BCUT2D eigenvalue weighted by atomic mass is 16.5. The molecule has 1 amide bonds. The van der Waals surface area contributed by atoms with Gasteiger partial charge in [0.1, 0.15) is 17.1 Å². The van der Waals surface area contributed by atoms with Crippen LogP contribution in [-0.4, -0.2) is 32.3 Å². The molecule has 0 saturated carbocycles. The van der Waals surface area contributed by atoms with Crippen molar-refractivity contribution in [2.24, 2.45) is 7.05 Å². The molecule has 1 aromatic carbocycles. The van der Waals surface area contributed by atoms with Crippen molar-refractivity contribution in [3.63, 3.8) is 0 Å². The van der Waals surface area contributed by atoms with E-state index in [-0.39, 0.29) is 5.91 Å². The van der Waals surface area contributed by atoms with Crippen LogP contribution in [0.15, 0.2) is 48.9 Å². The highest BCUT2D eigenvalue weighted by Crippen LogP contribution is 2.18. The second-order valence-electron chi connectivity index (χ2n) is 5.35. The van der Waals surface area contributed by atoms with Gasteiger partial charge in [0.05, 0.1) is 30.6 Å². The van der Waals surface area contributed by atoms with Gasteiger partial charge in [-0.3, -0.25) is 19.4 Å². The summed E-state index contributed by atoms with van der Waals surface area (Å²) in [4.78, 5) is 20.7. The van der Waals surface area contributed by atoms with Gasteiger partial charge in [0.15, 0.2) is 0 Å². The van der Waals surface area contributed by atoms with Gasteiger partial charge in [-0.25, -0.2) is 0 Å². The number of carbonyl (C=O) groups excluding carboxylic acids is 1. The Morgan fingerprint density at radius 3 is 2.84 bits per heavy atom. The summed E-state index contributed by atoms with van der Waals surface area (Å²) in [5.74, 6) is 0.388. The summed E-state index contributed by atoms with van der Waals surface area (Å²) < 4.78 is 7.22. The van der Waals surface area contributed by atoms with Crippen LogP contribution in [0.5, 0.6) is 5.75 Å². The van der Waals surface area contributed by atoms with Gasteiger partial charge in [-0.15, -0.1) is 0 Å². The molecule has 2 aromatic heterocycles. The van der Waals surface area contributed by atoms with Gasteiger partial charge in [-0.1, -0.05) is 12.1 Å². The van der Waals surface area contributed by atoms with E-state index in [1.807, 2.05) is 32.2 Å². The fourth-order valence-corrected chi connectivity index (χ4v) is 2.43. The number of ether oxygens (including phenoxy) is 1. The number of carbonyl (C=O) groups is 1. The van der Waals surface area contributed by atoms with Crippen LogP contribution in [0.3, 0.4) is 0 Å². The lowest BCUT2D eigenvalue weighted by molar-refractivity contribution is 0.0946. The minimum atomic E-state index is -0.189. The van der Waals surface area contributed by atoms with Crippen molar-refractivity contribution >= 4 is 5.91 Å². The maximum absolute atomic E-state index is 12.5. The second-order valence-corrected chi connectivity index (χ2v) is 5.35. The van der Waals surface area contributed by atoms with Crippen LogP contribution in [0.2, 0.25) is 0 Å². The van der Waals surface area contributed by atoms with E-state index in [0.29, 0.717) is 30.2 Å². The summed E-state index contributed by atoms with van der Waals surface area (Å²) in [7, 11) is 1.83. The molecule has 0 saturated heterocycles. The molecule has 0 unspecified atom stereocenters. The number of para-hydroxylation sites is 1. The smallest absolute Gasteiger partial charge is 0.255 e. The second kappa shape index (κ2) is 7.57. The molecule has 128 valence electrons. The Kier molecular flexibility index (Phi) is 5.03. The van der Waals surface area contributed by atoms with Crippen LogP contribution in [0.25, 0.3) is 11.4 Å². The number of benzene rings is 1. The van der Waals surface area contributed by atoms with E-state index in [4.69, 9.17) is 4.74 Å². The normalized spacial score (nSPS) is 10.5. The summed E-state index contributed by atoms with van der Waals surface area (Å²) >= 11 is 0. The van der Waals surface area contributed by atoms with Crippen LogP contribution in [-0.2, 0) is 13.6 Å². The summed E-state index contributed by atoms with van der Waals surface area (Å²) in [5.41, 5.74) is 2.79. The van der Waals surface area contributed by atoms with Crippen LogP contribution in [0, 0.1) is 0 Å². The molecular weight excluding hydrogens is 318 g/mol. The predicted molar refractivity (Wildman–Crippen MR) is 93.0 cm³/mol. The van der Waals surface area contributed by atoms with Gasteiger partial charge in [-0.2, -0.15) is 5.10 Å². The molecule has 25 heavy (non-hydrogen) atoms. The molecule has 0 aliphatic carbocycles. The summed E-state index contributed by atoms with van der Waals surface area (Å²) in [6, 6.07) is 9.08. The Morgan fingerprint density at radius 1 is 1.24 bits per heavy atom. The minimum absolute atomic E-state index is 0.189. The van der Waals surface area contributed by atoms with Gasteiger partial charge in [0.25, 0.3) is 5.91 Å². The number of aromatic nitrogens is 4. The zero-order valence-electron chi connectivity index (χ0n) is 14.1. The average Bonchev–Trinajstić information content (AvgIpc) is 3.02. The van der Waals surface area contributed by atoms with Crippen molar-refractivity contribution in [2.45, 2.75) is 13.5 Å². The number of aryl methyl sites for hydroxylation is 1. The van der Waals surface area contributed by atoms with Gasteiger partial charge in [0.2, 0.25) is 0 Å². The topological polar surface area (TPSA) is 81.9 Å². The molecule has 0 radical (unpaired) electrons. The fraction of sp³-hybridized carbons (Fsp3) is 0.222. The molecule has 0 aliphatic heterocycles. The van der Waals surface area contributed by atoms with Gasteiger partial charge < -0.3 is 10.1 Å². The number of nitrogens with one attached hydrogen (secondary N) is 1. The number of hydrogen-bond acceptors (Lipinski definition) is 5. The lowest BCUT2D eigenvalue weighted by Crippen LogP contribution is -2.24. The zero-order valence-corrected chi connectivity index (χ0v) is 14.1. The van der Waals surface area contributed by atoms with Crippen molar-refractivity contribution in [1.29, 1.82) is 0 Å². The first kappa shape index (κ1) is 16.6. The van der Waals surface area contributed by atoms with E-state index >= 15 is 0 Å². The van der Waals surface area contributed by atoms with Crippen molar-refractivity contribution in [3.05, 3.63) is 60.2 Å². The van der Waals surface area contributed by atoms with E-state index < -0.39 is 0 Å².